The molecule has 1 aliphatic heterocycles. The summed E-state index contributed by atoms with van der Waals surface area (Å²) >= 11 is 0. The minimum Gasteiger partial charge on any atom is -0.335 e. The predicted octanol–water partition coefficient (Wildman–Crippen LogP) is 4.03. The van der Waals surface area contributed by atoms with Crippen LogP contribution in [0.5, 0.6) is 0 Å². The molecule has 3 nitrogen and oxygen atoms in total. The molecule has 1 saturated heterocycles. The summed E-state index contributed by atoms with van der Waals surface area (Å²) in [5.74, 6) is 0.926. The van der Waals surface area contributed by atoms with Gasteiger partial charge in [0.2, 0.25) is 0 Å². The summed E-state index contributed by atoms with van der Waals surface area (Å²) in [5.41, 5.74) is 1.72. The Kier molecular flexibility index (Phi) is 3.57. The highest BCUT2D eigenvalue weighted by Crippen LogP contribution is 2.36. The van der Waals surface area contributed by atoms with Crippen molar-refractivity contribution in [1.29, 1.82) is 0 Å². The Morgan fingerprint density at radius 3 is 2.82 bits per heavy atom. The van der Waals surface area contributed by atoms with Gasteiger partial charge in [0.25, 0.3) is 5.91 Å². The number of nitrogens with zero attached hydrogens (tertiary/aromatic N) is 2. The Hall–Kier alpha value is -1.90. The summed E-state index contributed by atoms with van der Waals surface area (Å²) in [6.45, 7) is 0.913. The molecule has 2 heterocycles. The number of pyridine rings is 1. The molecule has 22 heavy (non-hydrogen) atoms. The van der Waals surface area contributed by atoms with Crippen molar-refractivity contribution in [2.75, 3.05) is 6.54 Å². The second-order valence-electron chi connectivity index (χ2n) is 6.63. The van der Waals surface area contributed by atoms with E-state index < -0.39 is 0 Å². The number of amides is 1. The molecule has 1 aromatic carbocycles. The van der Waals surface area contributed by atoms with Crippen molar-refractivity contribution < 1.29 is 4.79 Å². The van der Waals surface area contributed by atoms with Crippen LogP contribution in [0.3, 0.4) is 0 Å². The highest BCUT2D eigenvalue weighted by Gasteiger charge is 2.36. The van der Waals surface area contributed by atoms with E-state index in [4.69, 9.17) is 0 Å². The van der Waals surface area contributed by atoms with E-state index in [2.05, 4.69) is 9.88 Å². The fraction of sp³-hybridized carbons (Fsp3) is 0.474. The number of rotatable bonds is 1. The average Bonchev–Trinajstić information content (AvgIpc) is 2.60. The number of carbonyl (C=O) groups excluding carboxylic acids is 1. The summed E-state index contributed by atoms with van der Waals surface area (Å²) < 4.78 is 0. The van der Waals surface area contributed by atoms with Gasteiger partial charge < -0.3 is 4.90 Å². The SMILES string of the molecule is O=C(c1ccnc2ccccc12)N1CCCC2CCCCC21. The van der Waals surface area contributed by atoms with Crippen molar-refractivity contribution in [1.82, 2.24) is 9.88 Å². The normalized spacial score (nSPS) is 25.0. The first-order chi connectivity index (χ1) is 10.8. The number of para-hydroxylation sites is 1. The lowest BCUT2D eigenvalue weighted by molar-refractivity contribution is 0.0392. The van der Waals surface area contributed by atoms with Gasteiger partial charge in [0.15, 0.2) is 0 Å². The molecule has 2 fully saturated rings. The number of hydrogen-bond acceptors (Lipinski definition) is 2. The molecule has 0 spiro atoms. The van der Waals surface area contributed by atoms with Crippen LogP contribution in [0.15, 0.2) is 36.5 Å². The van der Waals surface area contributed by atoms with Gasteiger partial charge in [0.05, 0.1) is 11.1 Å². The van der Waals surface area contributed by atoms with Crippen LogP contribution in [-0.4, -0.2) is 28.4 Å². The maximum atomic E-state index is 13.2. The van der Waals surface area contributed by atoms with Gasteiger partial charge in [-0.1, -0.05) is 31.0 Å². The van der Waals surface area contributed by atoms with Crippen LogP contribution >= 0.6 is 0 Å². The van der Waals surface area contributed by atoms with Crippen LogP contribution in [0, 0.1) is 5.92 Å². The van der Waals surface area contributed by atoms with Gasteiger partial charge in [-0.25, -0.2) is 0 Å². The molecule has 2 aliphatic rings. The van der Waals surface area contributed by atoms with Crippen LogP contribution in [0.4, 0.5) is 0 Å². The van der Waals surface area contributed by atoms with E-state index in [1.54, 1.807) is 6.20 Å². The van der Waals surface area contributed by atoms with Crippen molar-refractivity contribution in [3.8, 4) is 0 Å². The van der Waals surface area contributed by atoms with E-state index in [1.807, 2.05) is 30.3 Å². The quantitative estimate of drug-likeness (QED) is 0.795. The van der Waals surface area contributed by atoms with E-state index in [0.29, 0.717) is 6.04 Å². The number of piperidine rings is 1. The molecule has 0 radical (unpaired) electrons. The lowest BCUT2D eigenvalue weighted by Gasteiger charge is -2.44. The van der Waals surface area contributed by atoms with E-state index in [0.717, 1.165) is 35.3 Å². The molecule has 0 N–H and O–H groups in total. The maximum Gasteiger partial charge on any atom is 0.254 e. The molecule has 2 unspecified atom stereocenters. The summed E-state index contributed by atoms with van der Waals surface area (Å²) in [7, 11) is 0. The number of benzene rings is 1. The van der Waals surface area contributed by atoms with Crippen LogP contribution < -0.4 is 0 Å². The average molecular weight is 294 g/mol. The van der Waals surface area contributed by atoms with Crippen molar-refractivity contribution >= 4 is 16.8 Å². The summed E-state index contributed by atoms with van der Waals surface area (Å²) in [4.78, 5) is 19.7. The Labute approximate surface area is 131 Å². The zero-order valence-electron chi connectivity index (χ0n) is 12.9. The van der Waals surface area contributed by atoms with Crippen molar-refractivity contribution in [3.05, 3.63) is 42.1 Å². The summed E-state index contributed by atoms with van der Waals surface area (Å²) in [6.07, 6.45) is 9.29. The third-order valence-electron chi connectivity index (χ3n) is 5.38. The molecular weight excluding hydrogens is 272 g/mol. The first-order valence-electron chi connectivity index (χ1n) is 8.49. The molecule has 114 valence electrons. The Morgan fingerprint density at radius 2 is 1.86 bits per heavy atom. The minimum absolute atomic E-state index is 0.204. The molecule has 1 aliphatic carbocycles. The van der Waals surface area contributed by atoms with Gasteiger partial charge in [0.1, 0.15) is 0 Å². The van der Waals surface area contributed by atoms with Crippen LogP contribution in [0.25, 0.3) is 10.9 Å². The van der Waals surface area contributed by atoms with Gasteiger partial charge in [0, 0.05) is 24.2 Å². The van der Waals surface area contributed by atoms with E-state index >= 15 is 0 Å². The smallest absolute Gasteiger partial charge is 0.254 e. The van der Waals surface area contributed by atoms with Gasteiger partial charge in [-0.3, -0.25) is 9.78 Å². The van der Waals surface area contributed by atoms with Gasteiger partial charge in [-0.05, 0) is 43.7 Å². The molecule has 3 heteroatoms. The largest absolute Gasteiger partial charge is 0.335 e. The highest BCUT2D eigenvalue weighted by atomic mass is 16.2. The fourth-order valence-corrected chi connectivity index (χ4v) is 4.31. The Bertz CT molecular complexity index is 689. The van der Waals surface area contributed by atoms with Gasteiger partial charge in [-0.2, -0.15) is 0 Å². The van der Waals surface area contributed by atoms with Gasteiger partial charge >= 0.3 is 0 Å². The molecule has 1 amide bonds. The number of aromatic nitrogens is 1. The molecule has 4 rings (SSSR count). The van der Waals surface area contributed by atoms with E-state index in [-0.39, 0.29) is 5.91 Å². The monoisotopic (exact) mass is 294 g/mol. The molecule has 2 atom stereocenters. The Balaban J connectivity index is 1.70. The van der Waals surface area contributed by atoms with E-state index in [9.17, 15) is 4.79 Å². The zero-order chi connectivity index (χ0) is 14.9. The van der Waals surface area contributed by atoms with Crippen LogP contribution in [0.2, 0.25) is 0 Å². The lowest BCUT2D eigenvalue weighted by Crippen LogP contribution is -2.49. The third kappa shape index (κ3) is 2.29. The first kappa shape index (κ1) is 13.7. The maximum absolute atomic E-state index is 13.2. The second-order valence-corrected chi connectivity index (χ2v) is 6.63. The van der Waals surface area contributed by atoms with Crippen LogP contribution in [0.1, 0.15) is 48.9 Å². The van der Waals surface area contributed by atoms with E-state index in [1.165, 1.54) is 32.1 Å². The summed E-state index contributed by atoms with van der Waals surface area (Å²) in [6, 6.07) is 10.3. The van der Waals surface area contributed by atoms with Crippen molar-refractivity contribution in [2.24, 2.45) is 5.92 Å². The fourth-order valence-electron chi connectivity index (χ4n) is 4.31. The van der Waals surface area contributed by atoms with Crippen molar-refractivity contribution in [2.45, 2.75) is 44.6 Å². The van der Waals surface area contributed by atoms with Crippen LogP contribution in [-0.2, 0) is 0 Å². The number of hydrogen-bond donors (Lipinski definition) is 0. The molecular formula is C19H22N2O. The second kappa shape index (κ2) is 5.71. The number of likely N-dealkylation sites (tertiary alicyclic amines) is 1. The molecule has 0 bridgehead atoms. The highest BCUT2D eigenvalue weighted by molar-refractivity contribution is 6.06. The molecule has 1 saturated carbocycles. The standard InChI is InChI=1S/C19H22N2O/c22-19(16-11-12-20-17-9-3-2-8-15(16)17)21-13-5-7-14-6-1-4-10-18(14)21/h2-3,8-9,11-12,14,18H,1,4-7,10,13H2. The lowest BCUT2D eigenvalue weighted by atomic mass is 9.78. The third-order valence-corrected chi connectivity index (χ3v) is 5.38. The topological polar surface area (TPSA) is 33.2 Å². The van der Waals surface area contributed by atoms with Crippen molar-refractivity contribution in [3.63, 3.8) is 0 Å². The Morgan fingerprint density at radius 1 is 1.05 bits per heavy atom. The zero-order valence-corrected chi connectivity index (χ0v) is 12.9. The summed E-state index contributed by atoms with van der Waals surface area (Å²) in [5, 5.41) is 0.980. The predicted molar refractivity (Wildman–Crippen MR) is 87.8 cm³/mol. The van der Waals surface area contributed by atoms with Gasteiger partial charge in [-0.15, -0.1) is 0 Å². The molecule has 2 aromatic rings. The first-order valence-corrected chi connectivity index (χ1v) is 8.49. The number of fused-ring (bicyclic) bond motifs is 2. The molecule has 1 aromatic heterocycles. The number of carbonyl (C=O) groups is 1. The minimum atomic E-state index is 0.204.